The molecule has 4 nitrogen and oxygen atoms in total. The predicted molar refractivity (Wildman–Crippen MR) is 66.9 cm³/mol. The van der Waals surface area contributed by atoms with Crippen molar-refractivity contribution in [2.24, 2.45) is 17.4 Å². The van der Waals surface area contributed by atoms with Gasteiger partial charge >= 0.3 is 0 Å². The molecule has 0 unspecified atom stereocenters. The zero-order valence-corrected chi connectivity index (χ0v) is 10.4. The molecule has 1 atom stereocenters. The third-order valence-electron chi connectivity index (χ3n) is 3.67. The zero-order chi connectivity index (χ0) is 11.5. The Kier molecular flexibility index (Phi) is 4.10. The van der Waals surface area contributed by atoms with Gasteiger partial charge in [-0.05, 0) is 31.6 Å². The maximum absolute atomic E-state index is 12.1. The lowest BCUT2D eigenvalue weighted by molar-refractivity contribution is -0.132. The van der Waals surface area contributed by atoms with Crippen molar-refractivity contribution >= 4 is 17.7 Å². The normalized spacial score (nSPS) is 32.8. The Balaban J connectivity index is 1.86. The molecule has 0 aromatic heterocycles. The molecular formula is C11H21N3OS. The molecule has 1 aliphatic heterocycles. The number of hydrogen-bond donors (Lipinski definition) is 2. The monoisotopic (exact) mass is 243 g/mol. The molecule has 0 radical (unpaired) electrons. The van der Waals surface area contributed by atoms with Crippen LogP contribution >= 0.6 is 11.8 Å². The first-order chi connectivity index (χ1) is 7.68. The molecule has 1 saturated heterocycles. The summed E-state index contributed by atoms with van der Waals surface area (Å²) in [4.78, 5) is 14.0. The van der Waals surface area contributed by atoms with Gasteiger partial charge in [-0.3, -0.25) is 4.79 Å². The summed E-state index contributed by atoms with van der Waals surface area (Å²) in [5, 5.41) is 0. The second-order valence-corrected chi connectivity index (χ2v) is 5.91. The van der Waals surface area contributed by atoms with Gasteiger partial charge in [0.05, 0.1) is 11.9 Å². The number of nitrogens with zero attached hydrogens (tertiary/aromatic N) is 1. The van der Waals surface area contributed by atoms with E-state index < -0.39 is 0 Å². The molecule has 2 fully saturated rings. The SMILES string of the molecule is NC1CCC([C@H](N)C(=O)N2CCSC2)CC1. The van der Waals surface area contributed by atoms with Crippen molar-refractivity contribution in [3.63, 3.8) is 0 Å². The molecule has 1 saturated carbocycles. The number of carbonyl (C=O) groups is 1. The highest BCUT2D eigenvalue weighted by Gasteiger charge is 2.32. The van der Waals surface area contributed by atoms with Crippen molar-refractivity contribution in [1.29, 1.82) is 0 Å². The molecule has 1 heterocycles. The second-order valence-electron chi connectivity index (χ2n) is 4.84. The molecule has 1 amide bonds. The summed E-state index contributed by atoms with van der Waals surface area (Å²) >= 11 is 1.80. The summed E-state index contributed by atoms with van der Waals surface area (Å²) in [6.45, 7) is 0.865. The van der Waals surface area contributed by atoms with Crippen LogP contribution < -0.4 is 11.5 Å². The third-order valence-corrected chi connectivity index (χ3v) is 4.64. The molecular weight excluding hydrogens is 222 g/mol. The largest absolute Gasteiger partial charge is 0.331 e. The number of carbonyl (C=O) groups excluding carboxylic acids is 1. The van der Waals surface area contributed by atoms with Crippen molar-refractivity contribution in [1.82, 2.24) is 4.90 Å². The van der Waals surface area contributed by atoms with E-state index in [1.165, 1.54) is 0 Å². The van der Waals surface area contributed by atoms with Gasteiger partial charge in [0.15, 0.2) is 0 Å². The van der Waals surface area contributed by atoms with E-state index in [0.717, 1.165) is 43.9 Å². The summed E-state index contributed by atoms with van der Waals surface area (Å²) in [5.74, 6) is 2.36. The lowest BCUT2D eigenvalue weighted by atomic mass is 9.81. The van der Waals surface area contributed by atoms with Crippen molar-refractivity contribution in [3.05, 3.63) is 0 Å². The molecule has 2 rings (SSSR count). The summed E-state index contributed by atoms with van der Waals surface area (Å²) < 4.78 is 0. The number of amides is 1. The van der Waals surface area contributed by atoms with Gasteiger partial charge in [-0.25, -0.2) is 0 Å². The molecule has 0 spiro atoms. The van der Waals surface area contributed by atoms with Crippen LogP contribution in [0, 0.1) is 5.92 Å². The highest BCUT2D eigenvalue weighted by molar-refractivity contribution is 7.99. The fourth-order valence-corrected chi connectivity index (χ4v) is 3.46. The van der Waals surface area contributed by atoms with E-state index in [4.69, 9.17) is 11.5 Å². The van der Waals surface area contributed by atoms with Crippen molar-refractivity contribution in [2.45, 2.75) is 37.8 Å². The van der Waals surface area contributed by atoms with E-state index in [9.17, 15) is 4.79 Å². The number of rotatable bonds is 2. The van der Waals surface area contributed by atoms with Gasteiger partial charge in [0.2, 0.25) is 5.91 Å². The Hall–Kier alpha value is -0.260. The summed E-state index contributed by atoms with van der Waals surface area (Å²) in [6, 6.07) is 0.0205. The Labute approximate surface area is 101 Å². The smallest absolute Gasteiger partial charge is 0.240 e. The van der Waals surface area contributed by atoms with Crippen LogP contribution in [-0.2, 0) is 4.79 Å². The van der Waals surface area contributed by atoms with Gasteiger partial charge in [-0.2, -0.15) is 0 Å². The Morgan fingerprint density at radius 3 is 2.56 bits per heavy atom. The number of nitrogens with two attached hydrogens (primary N) is 2. The Bertz CT molecular complexity index is 248. The first kappa shape index (κ1) is 12.2. The molecule has 1 aliphatic carbocycles. The van der Waals surface area contributed by atoms with Crippen LogP contribution in [0.2, 0.25) is 0 Å². The summed E-state index contributed by atoms with van der Waals surface area (Å²) in [7, 11) is 0. The van der Waals surface area contributed by atoms with Gasteiger partial charge in [0.25, 0.3) is 0 Å². The molecule has 0 bridgehead atoms. The molecule has 16 heavy (non-hydrogen) atoms. The van der Waals surface area contributed by atoms with Gasteiger partial charge < -0.3 is 16.4 Å². The van der Waals surface area contributed by atoms with Gasteiger partial charge in [0, 0.05) is 18.3 Å². The lowest BCUT2D eigenvalue weighted by Crippen LogP contribution is -2.48. The Morgan fingerprint density at radius 2 is 2.00 bits per heavy atom. The van der Waals surface area contributed by atoms with Crippen LogP contribution in [-0.4, -0.2) is 41.1 Å². The first-order valence-corrected chi connectivity index (χ1v) is 7.21. The van der Waals surface area contributed by atoms with E-state index in [1.807, 2.05) is 4.90 Å². The Morgan fingerprint density at radius 1 is 1.31 bits per heavy atom. The molecule has 0 aromatic carbocycles. The van der Waals surface area contributed by atoms with Gasteiger partial charge in [0.1, 0.15) is 0 Å². The lowest BCUT2D eigenvalue weighted by Gasteiger charge is -2.31. The van der Waals surface area contributed by atoms with Crippen LogP contribution in [0.3, 0.4) is 0 Å². The predicted octanol–water partition coefficient (Wildman–Crippen LogP) is 0.364. The standard InChI is InChI=1S/C11H21N3OS/c12-9-3-1-8(2-4-9)10(13)11(15)14-5-6-16-7-14/h8-10H,1-7,12-13H2/t8?,9?,10-/m0/s1. The van der Waals surface area contributed by atoms with Crippen molar-refractivity contribution < 1.29 is 4.79 Å². The van der Waals surface area contributed by atoms with E-state index in [-0.39, 0.29) is 11.9 Å². The van der Waals surface area contributed by atoms with E-state index >= 15 is 0 Å². The van der Waals surface area contributed by atoms with E-state index in [1.54, 1.807) is 11.8 Å². The van der Waals surface area contributed by atoms with Gasteiger partial charge in [-0.15, -0.1) is 11.8 Å². The summed E-state index contributed by atoms with van der Waals surface area (Å²) in [5.41, 5.74) is 11.9. The van der Waals surface area contributed by atoms with Crippen LogP contribution in [0.25, 0.3) is 0 Å². The van der Waals surface area contributed by atoms with Crippen molar-refractivity contribution in [3.8, 4) is 0 Å². The first-order valence-electron chi connectivity index (χ1n) is 6.06. The number of hydrogen-bond acceptors (Lipinski definition) is 4. The van der Waals surface area contributed by atoms with Crippen molar-refractivity contribution in [2.75, 3.05) is 18.2 Å². The number of thioether (sulfide) groups is 1. The average molecular weight is 243 g/mol. The molecule has 5 heteroatoms. The van der Waals surface area contributed by atoms with Gasteiger partial charge in [-0.1, -0.05) is 0 Å². The zero-order valence-electron chi connectivity index (χ0n) is 9.60. The highest BCUT2D eigenvalue weighted by atomic mass is 32.2. The molecule has 4 N–H and O–H groups in total. The fraction of sp³-hybridized carbons (Fsp3) is 0.909. The quantitative estimate of drug-likeness (QED) is 0.735. The van der Waals surface area contributed by atoms with Crippen LogP contribution in [0.4, 0.5) is 0 Å². The molecule has 92 valence electrons. The molecule has 0 aromatic rings. The summed E-state index contributed by atoms with van der Waals surface area (Å²) in [6.07, 6.45) is 4.05. The maximum atomic E-state index is 12.1. The highest BCUT2D eigenvalue weighted by Crippen LogP contribution is 2.27. The van der Waals surface area contributed by atoms with Crippen LogP contribution in [0.15, 0.2) is 0 Å². The minimum atomic E-state index is -0.300. The minimum absolute atomic E-state index is 0.144. The average Bonchev–Trinajstić information content (AvgIpc) is 2.81. The minimum Gasteiger partial charge on any atom is -0.331 e. The third kappa shape index (κ3) is 2.70. The van der Waals surface area contributed by atoms with E-state index in [2.05, 4.69) is 0 Å². The van der Waals surface area contributed by atoms with E-state index in [0.29, 0.717) is 12.0 Å². The van der Waals surface area contributed by atoms with Crippen LogP contribution in [0.5, 0.6) is 0 Å². The fourth-order valence-electron chi connectivity index (χ4n) is 2.50. The maximum Gasteiger partial charge on any atom is 0.240 e. The second kappa shape index (κ2) is 5.38. The topological polar surface area (TPSA) is 72.3 Å². The molecule has 2 aliphatic rings. The van der Waals surface area contributed by atoms with Crippen LogP contribution in [0.1, 0.15) is 25.7 Å².